The van der Waals surface area contributed by atoms with Gasteiger partial charge in [-0.3, -0.25) is 14.3 Å². The molecule has 33 heavy (non-hydrogen) atoms. The van der Waals surface area contributed by atoms with Crippen molar-refractivity contribution >= 4 is 46.1 Å². The van der Waals surface area contributed by atoms with E-state index in [0.29, 0.717) is 11.7 Å². The molecule has 166 valence electrons. The molecule has 4 aromatic rings. The molecule has 1 atom stereocenters. The molecule has 0 aliphatic carbocycles. The van der Waals surface area contributed by atoms with Crippen LogP contribution in [0.25, 0.3) is 11.4 Å². The number of aromatic nitrogens is 4. The zero-order valence-electron chi connectivity index (χ0n) is 17.6. The summed E-state index contributed by atoms with van der Waals surface area (Å²) in [5.41, 5.74) is 1.87. The highest BCUT2D eigenvalue weighted by molar-refractivity contribution is 7.99. The Labute approximate surface area is 203 Å². The molecular weight excluding hydrogens is 472 g/mol. The Morgan fingerprint density at radius 1 is 1.15 bits per heavy atom. The second-order valence-electron chi connectivity index (χ2n) is 7.23. The summed E-state index contributed by atoms with van der Waals surface area (Å²) in [4.78, 5) is 19.6. The van der Waals surface area contributed by atoms with Gasteiger partial charge in [0.15, 0.2) is 11.0 Å². The van der Waals surface area contributed by atoms with E-state index in [1.54, 1.807) is 46.2 Å². The number of pyridine rings is 1. The fraction of sp³-hybridized carbons (Fsp3) is 0.174. The third-order valence-corrected chi connectivity index (χ3v) is 7.98. The van der Waals surface area contributed by atoms with Crippen molar-refractivity contribution in [3.63, 3.8) is 0 Å². The molecule has 4 aromatic heterocycles. The zero-order chi connectivity index (χ0) is 22.6. The van der Waals surface area contributed by atoms with Gasteiger partial charge in [0.25, 0.3) is 5.91 Å². The topological polar surface area (TPSA) is 76.3 Å². The Hall–Kier alpha value is -3.08. The van der Waals surface area contributed by atoms with Crippen molar-refractivity contribution in [3.8, 4) is 11.4 Å². The maximum atomic E-state index is 13.3. The summed E-state index contributed by atoms with van der Waals surface area (Å²) in [6.45, 7) is 4.40. The molecule has 0 radical (unpaired) electrons. The molecule has 0 saturated carbocycles. The average molecular weight is 493 g/mol. The smallest absolute Gasteiger partial charge is 0.253 e. The molecule has 0 fully saturated rings. The number of carbonyl (C=O) groups is 1. The second kappa shape index (κ2) is 9.82. The van der Waals surface area contributed by atoms with Crippen molar-refractivity contribution in [2.24, 2.45) is 5.10 Å². The Kier molecular flexibility index (Phi) is 6.47. The lowest BCUT2D eigenvalue weighted by atomic mass is 10.1. The van der Waals surface area contributed by atoms with E-state index in [1.807, 2.05) is 39.6 Å². The van der Waals surface area contributed by atoms with Crippen LogP contribution in [0.4, 0.5) is 0 Å². The van der Waals surface area contributed by atoms with Gasteiger partial charge in [-0.25, -0.2) is 5.01 Å². The highest BCUT2D eigenvalue weighted by atomic mass is 32.2. The quantitative estimate of drug-likeness (QED) is 0.252. The molecule has 0 saturated heterocycles. The minimum atomic E-state index is -0.0753. The van der Waals surface area contributed by atoms with E-state index in [9.17, 15) is 4.79 Å². The first kappa shape index (κ1) is 21.7. The first-order valence-corrected chi connectivity index (χ1v) is 13.0. The lowest BCUT2D eigenvalue weighted by molar-refractivity contribution is -0.130. The van der Waals surface area contributed by atoms with E-state index in [-0.39, 0.29) is 17.7 Å². The molecule has 0 N–H and O–H groups in total. The van der Waals surface area contributed by atoms with Crippen molar-refractivity contribution in [3.05, 3.63) is 82.0 Å². The monoisotopic (exact) mass is 492 g/mol. The average Bonchev–Trinajstić information content (AvgIpc) is 3.64. The molecular formula is C23H20N6OS3. The van der Waals surface area contributed by atoms with Crippen LogP contribution in [0.2, 0.25) is 0 Å². The number of allylic oxidation sites excluding steroid dienone is 1. The van der Waals surface area contributed by atoms with Crippen LogP contribution in [-0.4, -0.2) is 42.1 Å². The Balaban J connectivity index is 1.36. The predicted molar refractivity (Wildman–Crippen MR) is 134 cm³/mol. The number of thioether (sulfide) groups is 1. The molecule has 7 nitrogen and oxygen atoms in total. The van der Waals surface area contributed by atoms with Crippen LogP contribution in [0.3, 0.4) is 0 Å². The van der Waals surface area contributed by atoms with E-state index < -0.39 is 0 Å². The summed E-state index contributed by atoms with van der Waals surface area (Å²) in [5, 5.41) is 19.8. The van der Waals surface area contributed by atoms with Crippen LogP contribution >= 0.6 is 34.4 Å². The van der Waals surface area contributed by atoms with Gasteiger partial charge in [-0.05, 0) is 35.0 Å². The standard InChI is InChI=1S/C23H20N6OS3/c1-2-11-28-22(16-7-9-24-10-8-16)25-26-23(28)33-15-21(30)29-18(20-6-4-13-32-20)14-17(27-29)19-5-3-12-31-19/h2-10,12-13,18H,1,11,14-15H2. The van der Waals surface area contributed by atoms with Crippen LogP contribution in [0, 0.1) is 0 Å². The third kappa shape index (κ3) is 4.54. The van der Waals surface area contributed by atoms with Gasteiger partial charge in [-0.1, -0.05) is 30.0 Å². The van der Waals surface area contributed by atoms with Crippen molar-refractivity contribution in [1.29, 1.82) is 0 Å². The number of hydrogen-bond acceptors (Lipinski definition) is 8. The van der Waals surface area contributed by atoms with Crippen molar-refractivity contribution < 1.29 is 4.79 Å². The van der Waals surface area contributed by atoms with Gasteiger partial charge in [0.2, 0.25) is 0 Å². The fourth-order valence-corrected chi connectivity index (χ4v) is 5.96. The maximum Gasteiger partial charge on any atom is 0.253 e. The van der Waals surface area contributed by atoms with Gasteiger partial charge in [0, 0.05) is 35.8 Å². The zero-order valence-corrected chi connectivity index (χ0v) is 20.0. The molecule has 0 spiro atoms. The Morgan fingerprint density at radius 3 is 2.70 bits per heavy atom. The highest BCUT2D eigenvalue weighted by Crippen LogP contribution is 2.36. The number of rotatable bonds is 8. The molecule has 1 unspecified atom stereocenters. The summed E-state index contributed by atoms with van der Waals surface area (Å²) < 4.78 is 1.96. The van der Waals surface area contributed by atoms with E-state index in [1.165, 1.54) is 11.8 Å². The SMILES string of the molecule is C=CCn1c(SCC(=O)N2N=C(c3cccs3)CC2c2cccs2)nnc1-c1ccncc1. The number of hydrazone groups is 1. The van der Waals surface area contributed by atoms with E-state index in [0.717, 1.165) is 33.3 Å². The summed E-state index contributed by atoms with van der Waals surface area (Å²) in [7, 11) is 0. The fourth-order valence-electron chi connectivity index (χ4n) is 3.63. The van der Waals surface area contributed by atoms with Gasteiger partial charge in [0.1, 0.15) is 0 Å². The maximum absolute atomic E-state index is 13.3. The number of carbonyl (C=O) groups excluding carboxylic acids is 1. The molecule has 0 bridgehead atoms. The Bertz CT molecular complexity index is 1270. The Morgan fingerprint density at radius 2 is 1.97 bits per heavy atom. The second-order valence-corrected chi connectivity index (χ2v) is 10.1. The number of nitrogens with zero attached hydrogens (tertiary/aromatic N) is 6. The first-order chi connectivity index (χ1) is 16.2. The van der Waals surface area contributed by atoms with Gasteiger partial charge >= 0.3 is 0 Å². The minimum Gasteiger partial charge on any atom is -0.298 e. The molecule has 5 heterocycles. The van der Waals surface area contributed by atoms with Crippen LogP contribution < -0.4 is 0 Å². The molecule has 0 aromatic carbocycles. The van der Waals surface area contributed by atoms with Gasteiger partial charge in [0.05, 0.1) is 22.4 Å². The van der Waals surface area contributed by atoms with E-state index >= 15 is 0 Å². The third-order valence-electron chi connectivity index (χ3n) is 5.13. The summed E-state index contributed by atoms with van der Waals surface area (Å²) in [5.74, 6) is 0.890. The number of hydrogen-bond donors (Lipinski definition) is 0. The normalized spacial score (nSPS) is 15.6. The van der Waals surface area contributed by atoms with Crippen molar-refractivity contribution in [1.82, 2.24) is 24.8 Å². The molecule has 1 amide bonds. The minimum absolute atomic E-state index is 0.0522. The van der Waals surface area contributed by atoms with Crippen LogP contribution in [-0.2, 0) is 11.3 Å². The molecule has 1 aliphatic rings. The van der Waals surface area contributed by atoms with Crippen LogP contribution in [0.15, 0.2) is 82.5 Å². The van der Waals surface area contributed by atoms with Crippen molar-refractivity contribution in [2.45, 2.75) is 24.2 Å². The van der Waals surface area contributed by atoms with Crippen LogP contribution in [0.1, 0.15) is 22.2 Å². The largest absolute Gasteiger partial charge is 0.298 e. The number of amides is 1. The van der Waals surface area contributed by atoms with Crippen LogP contribution in [0.5, 0.6) is 0 Å². The summed E-state index contributed by atoms with van der Waals surface area (Å²) in [6.07, 6.45) is 5.96. The van der Waals surface area contributed by atoms with E-state index in [4.69, 9.17) is 5.10 Å². The predicted octanol–water partition coefficient (Wildman–Crippen LogP) is 5.12. The summed E-state index contributed by atoms with van der Waals surface area (Å²) in [6, 6.07) is 11.8. The molecule has 10 heteroatoms. The van der Waals surface area contributed by atoms with Gasteiger partial charge < -0.3 is 0 Å². The van der Waals surface area contributed by atoms with E-state index in [2.05, 4.69) is 33.9 Å². The van der Waals surface area contributed by atoms with Gasteiger partial charge in [-0.15, -0.1) is 39.4 Å². The summed E-state index contributed by atoms with van der Waals surface area (Å²) >= 11 is 4.66. The lowest BCUT2D eigenvalue weighted by Gasteiger charge is -2.20. The van der Waals surface area contributed by atoms with Gasteiger partial charge in [-0.2, -0.15) is 5.10 Å². The van der Waals surface area contributed by atoms with Crippen molar-refractivity contribution in [2.75, 3.05) is 5.75 Å². The molecule has 5 rings (SSSR count). The lowest BCUT2D eigenvalue weighted by Crippen LogP contribution is -2.28. The first-order valence-electron chi connectivity index (χ1n) is 10.3. The highest BCUT2D eigenvalue weighted by Gasteiger charge is 2.34. The number of thiophene rings is 2. The molecule has 1 aliphatic heterocycles.